The minimum Gasteiger partial charge on any atom is -0.378 e. The second kappa shape index (κ2) is 3.88. The molecule has 0 aromatic rings. The zero-order valence-corrected chi connectivity index (χ0v) is 8.67. The first-order valence-corrected chi connectivity index (χ1v) is 4.94. The molecule has 1 unspecified atom stereocenters. The van der Waals surface area contributed by atoms with E-state index in [1.807, 2.05) is 0 Å². The maximum Gasteiger partial charge on any atom is 0.0858 e. The highest BCUT2D eigenvalue weighted by molar-refractivity contribution is 14.1. The van der Waals surface area contributed by atoms with Crippen molar-refractivity contribution in [2.45, 2.75) is 23.9 Å². The predicted octanol–water partition coefficient (Wildman–Crippen LogP) is 1.49. The molecule has 1 rings (SSSR count). The maximum absolute atomic E-state index is 5.31. The normalized spacial score (nSPS) is 29.4. The predicted molar refractivity (Wildman–Crippen MR) is 50.5 cm³/mol. The molecule has 0 spiro atoms. The van der Waals surface area contributed by atoms with Gasteiger partial charge in [-0.15, -0.1) is 0 Å². The summed E-state index contributed by atoms with van der Waals surface area (Å²) in [6, 6.07) is 0.658. The van der Waals surface area contributed by atoms with Crippen molar-refractivity contribution in [1.82, 2.24) is 4.90 Å². The molecule has 0 saturated carbocycles. The Balaban J connectivity index is 2.40. The molecule has 1 aliphatic heterocycles. The van der Waals surface area contributed by atoms with Crippen LogP contribution in [-0.4, -0.2) is 34.7 Å². The van der Waals surface area contributed by atoms with E-state index in [1.165, 1.54) is 0 Å². The van der Waals surface area contributed by atoms with Crippen molar-refractivity contribution < 1.29 is 4.74 Å². The number of nitrogens with zero attached hydrogens (tertiary/aromatic N) is 1. The third kappa shape index (κ3) is 2.07. The van der Waals surface area contributed by atoms with E-state index >= 15 is 0 Å². The van der Waals surface area contributed by atoms with E-state index in [0.29, 0.717) is 10.1 Å². The van der Waals surface area contributed by atoms with Crippen LogP contribution in [0.2, 0.25) is 0 Å². The van der Waals surface area contributed by atoms with Crippen molar-refractivity contribution in [2.24, 2.45) is 0 Å². The topological polar surface area (TPSA) is 12.5 Å². The van der Waals surface area contributed by atoms with Crippen LogP contribution in [-0.2, 0) is 4.74 Å². The minimum absolute atomic E-state index is 0.575. The lowest BCUT2D eigenvalue weighted by molar-refractivity contribution is 0.0163. The molecule has 0 aromatic carbocycles. The Bertz CT molecular complexity index is 108. The Hall–Kier alpha value is 0.650. The summed E-state index contributed by atoms with van der Waals surface area (Å²) in [4.78, 5) is 2.46. The maximum atomic E-state index is 5.31. The first-order valence-electron chi connectivity index (χ1n) is 3.69. The van der Waals surface area contributed by atoms with Crippen molar-refractivity contribution in [2.75, 3.05) is 19.8 Å². The number of rotatable bonds is 1. The summed E-state index contributed by atoms with van der Waals surface area (Å²) in [7, 11) is 0. The Morgan fingerprint density at radius 1 is 1.60 bits per heavy atom. The minimum atomic E-state index is 0.575. The number of hydrogen-bond acceptors (Lipinski definition) is 2. The molecule has 2 nitrogen and oxygen atoms in total. The summed E-state index contributed by atoms with van der Waals surface area (Å²) in [6.45, 7) is 7.34. The van der Waals surface area contributed by atoms with Crippen LogP contribution in [0.5, 0.6) is 0 Å². The molecule has 10 heavy (non-hydrogen) atoms. The number of morpholine rings is 1. The summed E-state index contributed by atoms with van der Waals surface area (Å²) in [6.07, 6.45) is 0. The number of halogens is 1. The Morgan fingerprint density at radius 2 is 2.30 bits per heavy atom. The molecule has 0 aliphatic carbocycles. The average Bonchev–Trinajstić information content (AvgIpc) is 1.88. The van der Waals surface area contributed by atoms with Crippen LogP contribution in [0, 0.1) is 0 Å². The highest BCUT2D eigenvalue weighted by Crippen LogP contribution is 2.15. The van der Waals surface area contributed by atoms with Crippen LogP contribution in [0.3, 0.4) is 0 Å². The zero-order chi connectivity index (χ0) is 7.56. The van der Waals surface area contributed by atoms with E-state index in [9.17, 15) is 0 Å². The first kappa shape index (κ1) is 8.74. The monoisotopic (exact) mass is 255 g/mol. The van der Waals surface area contributed by atoms with Gasteiger partial charge in [0.15, 0.2) is 0 Å². The van der Waals surface area contributed by atoms with Gasteiger partial charge < -0.3 is 4.74 Å². The zero-order valence-electron chi connectivity index (χ0n) is 6.51. The molecular formula is C7H14INO. The summed E-state index contributed by atoms with van der Waals surface area (Å²) < 4.78 is 5.89. The van der Waals surface area contributed by atoms with Crippen molar-refractivity contribution in [1.29, 1.82) is 0 Å². The Morgan fingerprint density at radius 3 is 2.70 bits per heavy atom. The lowest BCUT2D eigenvalue weighted by Gasteiger charge is -2.34. The van der Waals surface area contributed by atoms with Crippen molar-refractivity contribution in [3.8, 4) is 0 Å². The summed E-state index contributed by atoms with van der Waals surface area (Å²) in [5, 5.41) is 0. The van der Waals surface area contributed by atoms with Gasteiger partial charge >= 0.3 is 0 Å². The second-order valence-corrected chi connectivity index (χ2v) is 4.28. The van der Waals surface area contributed by atoms with E-state index in [2.05, 4.69) is 41.3 Å². The Labute approximate surface area is 76.1 Å². The lowest BCUT2D eigenvalue weighted by atomic mass is 10.3. The smallest absolute Gasteiger partial charge is 0.0858 e. The fourth-order valence-electron chi connectivity index (χ4n) is 1.17. The summed E-state index contributed by atoms with van der Waals surface area (Å²) in [5.74, 6) is 0. The van der Waals surface area contributed by atoms with Gasteiger partial charge in [-0.3, -0.25) is 4.90 Å². The molecule has 60 valence electrons. The van der Waals surface area contributed by atoms with Gasteiger partial charge in [-0.25, -0.2) is 0 Å². The number of hydrogen-bond donors (Lipinski definition) is 0. The van der Waals surface area contributed by atoms with Gasteiger partial charge in [0.25, 0.3) is 0 Å². The van der Waals surface area contributed by atoms with Gasteiger partial charge in [0.2, 0.25) is 0 Å². The van der Waals surface area contributed by atoms with Crippen LogP contribution >= 0.6 is 22.6 Å². The van der Waals surface area contributed by atoms with Crippen LogP contribution < -0.4 is 0 Å². The molecule has 1 saturated heterocycles. The summed E-state index contributed by atoms with van der Waals surface area (Å²) >= 11 is 2.43. The molecule has 0 aromatic heterocycles. The van der Waals surface area contributed by atoms with Crippen molar-refractivity contribution in [3.63, 3.8) is 0 Å². The van der Waals surface area contributed by atoms with Gasteiger partial charge in [-0.05, 0) is 13.8 Å². The highest BCUT2D eigenvalue weighted by atomic mass is 127. The van der Waals surface area contributed by atoms with Gasteiger partial charge in [-0.2, -0.15) is 0 Å². The lowest BCUT2D eigenvalue weighted by Crippen LogP contribution is -2.45. The van der Waals surface area contributed by atoms with E-state index in [1.54, 1.807) is 0 Å². The van der Waals surface area contributed by atoms with Crippen molar-refractivity contribution >= 4 is 22.6 Å². The van der Waals surface area contributed by atoms with Crippen LogP contribution in [0.15, 0.2) is 0 Å². The first-order chi connectivity index (χ1) is 4.72. The molecule has 0 N–H and O–H groups in total. The van der Waals surface area contributed by atoms with Crippen LogP contribution in [0.4, 0.5) is 0 Å². The van der Waals surface area contributed by atoms with Crippen LogP contribution in [0.25, 0.3) is 0 Å². The van der Waals surface area contributed by atoms with Gasteiger partial charge in [0, 0.05) is 12.6 Å². The standard InChI is InChI=1S/C7H14INO/c1-6(2)9-3-4-10-5-7(9)8/h6-7H,3-5H2,1-2H3. The largest absolute Gasteiger partial charge is 0.378 e. The highest BCUT2D eigenvalue weighted by Gasteiger charge is 2.21. The number of alkyl halides is 1. The van der Waals surface area contributed by atoms with Crippen LogP contribution in [0.1, 0.15) is 13.8 Å². The molecule has 0 amide bonds. The second-order valence-electron chi connectivity index (χ2n) is 2.84. The van der Waals surface area contributed by atoms with E-state index in [-0.39, 0.29) is 0 Å². The third-order valence-corrected chi connectivity index (χ3v) is 2.85. The van der Waals surface area contributed by atoms with E-state index in [0.717, 1.165) is 19.8 Å². The SMILES string of the molecule is CC(C)N1CCOCC1I. The fraction of sp³-hybridized carbons (Fsp3) is 1.00. The fourth-order valence-corrected chi connectivity index (χ4v) is 2.34. The molecule has 1 heterocycles. The van der Waals surface area contributed by atoms with E-state index < -0.39 is 0 Å². The van der Waals surface area contributed by atoms with E-state index in [4.69, 9.17) is 4.74 Å². The molecule has 0 radical (unpaired) electrons. The molecule has 1 aliphatic rings. The average molecular weight is 255 g/mol. The van der Waals surface area contributed by atoms with Gasteiger partial charge in [0.05, 0.1) is 17.3 Å². The van der Waals surface area contributed by atoms with Crippen molar-refractivity contribution in [3.05, 3.63) is 0 Å². The van der Waals surface area contributed by atoms with Gasteiger partial charge in [-0.1, -0.05) is 22.6 Å². The molecular weight excluding hydrogens is 241 g/mol. The molecule has 0 bridgehead atoms. The molecule has 1 atom stereocenters. The third-order valence-electron chi connectivity index (χ3n) is 1.77. The Kier molecular flexibility index (Phi) is 3.39. The molecule has 3 heteroatoms. The quantitative estimate of drug-likeness (QED) is 0.400. The number of ether oxygens (including phenoxy) is 1. The molecule has 1 fully saturated rings. The van der Waals surface area contributed by atoms with Gasteiger partial charge in [0.1, 0.15) is 0 Å². The summed E-state index contributed by atoms with van der Waals surface area (Å²) in [5.41, 5.74) is 0.